The number of fused-ring (bicyclic) bond motifs is 1. The van der Waals surface area contributed by atoms with Crippen molar-refractivity contribution < 1.29 is 17.9 Å². The second kappa shape index (κ2) is 10.4. The van der Waals surface area contributed by atoms with E-state index in [0.717, 1.165) is 22.9 Å². The molecule has 0 unspecified atom stereocenters. The molecule has 0 amide bonds. The van der Waals surface area contributed by atoms with Crippen molar-refractivity contribution in [2.75, 3.05) is 32.8 Å². The summed E-state index contributed by atoms with van der Waals surface area (Å²) >= 11 is 0. The Hall–Kier alpha value is -3.85. The monoisotopic (exact) mass is 507 g/mol. The van der Waals surface area contributed by atoms with Gasteiger partial charge in [0.1, 0.15) is 9.84 Å². The lowest BCUT2D eigenvalue weighted by atomic mass is 9.99. The Morgan fingerprint density at radius 3 is 2.56 bits per heavy atom. The molecule has 0 fully saturated rings. The van der Waals surface area contributed by atoms with Crippen molar-refractivity contribution in [2.45, 2.75) is 13.0 Å². The molecule has 8 nitrogen and oxygen atoms in total. The van der Waals surface area contributed by atoms with Crippen molar-refractivity contribution in [1.82, 2.24) is 9.55 Å². The van der Waals surface area contributed by atoms with Gasteiger partial charge < -0.3 is 14.5 Å². The molecule has 0 saturated heterocycles. The Bertz CT molecular complexity index is 1580. The number of sulfone groups is 1. The molecule has 3 aromatic carbocycles. The maximum Gasteiger partial charge on any atom is 0.327 e. The molecule has 0 aliphatic carbocycles. The molecule has 36 heavy (non-hydrogen) atoms. The van der Waals surface area contributed by atoms with E-state index >= 15 is 0 Å². The molecule has 4 aromatic rings. The highest BCUT2D eigenvalue weighted by Crippen LogP contribution is 2.33. The molecule has 188 valence electrons. The Morgan fingerprint density at radius 1 is 1.08 bits per heavy atom. The van der Waals surface area contributed by atoms with Crippen LogP contribution in [0.5, 0.6) is 11.5 Å². The SMILES string of the molecule is CCOc1cc([C@H](CS(C)(=O)=O)n2c(=O)[nH]c3cc(-c4ccccc4/C=N/C)ccc32)ccc1OC. The number of aliphatic imine (C=N–C) groups is 1. The summed E-state index contributed by atoms with van der Waals surface area (Å²) in [5, 5.41) is 0. The summed E-state index contributed by atoms with van der Waals surface area (Å²) in [5.74, 6) is 0.763. The maximum absolute atomic E-state index is 13.2. The van der Waals surface area contributed by atoms with Crippen LogP contribution in [0.15, 0.2) is 70.5 Å². The first kappa shape index (κ1) is 25.2. The van der Waals surface area contributed by atoms with E-state index in [0.29, 0.717) is 34.7 Å². The van der Waals surface area contributed by atoms with Gasteiger partial charge in [-0.15, -0.1) is 0 Å². The van der Waals surface area contributed by atoms with Crippen LogP contribution in [-0.2, 0) is 9.84 Å². The summed E-state index contributed by atoms with van der Waals surface area (Å²) < 4.78 is 37.4. The standard InChI is InChI=1S/C27H29N3O5S/c1-5-35-26-15-19(11-13-25(26)34-3)24(17-36(4,32)33)30-23-12-10-18(14-22(23)29-27(30)31)21-9-7-6-8-20(21)16-28-2/h6-16,24H,5,17H2,1-4H3,(H,29,31)/b28-16+/t24-/m0/s1. The number of imidazole rings is 1. The number of benzene rings is 3. The first-order valence-corrected chi connectivity index (χ1v) is 13.6. The lowest BCUT2D eigenvalue weighted by Gasteiger charge is -2.20. The minimum atomic E-state index is -3.45. The largest absolute Gasteiger partial charge is 0.493 e. The van der Waals surface area contributed by atoms with Crippen LogP contribution in [0.25, 0.3) is 22.2 Å². The Balaban J connectivity index is 1.88. The molecule has 0 radical (unpaired) electrons. The van der Waals surface area contributed by atoms with Gasteiger partial charge in [0.2, 0.25) is 0 Å². The highest BCUT2D eigenvalue weighted by Gasteiger charge is 2.25. The second-order valence-corrected chi connectivity index (χ2v) is 10.6. The van der Waals surface area contributed by atoms with Crippen LogP contribution in [0.4, 0.5) is 0 Å². The summed E-state index contributed by atoms with van der Waals surface area (Å²) in [4.78, 5) is 20.3. The van der Waals surface area contributed by atoms with Gasteiger partial charge in [-0.05, 0) is 47.9 Å². The van der Waals surface area contributed by atoms with E-state index in [1.165, 1.54) is 11.7 Å². The molecular weight excluding hydrogens is 478 g/mol. The molecule has 1 atom stereocenters. The topological polar surface area (TPSA) is 103 Å². The number of ether oxygens (including phenoxy) is 2. The average Bonchev–Trinajstić information content (AvgIpc) is 3.17. The van der Waals surface area contributed by atoms with Gasteiger partial charge in [0, 0.05) is 25.1 Å². The van der Waals surface area contributed by atoms with Crippen LogP contribution in [0.2, 0.25) is 0 Å². The Morgan fingerprint density at radius 2 is 1.86 bits per heavy atom. The van der Waals surface area contributed by atoms with Gasteiger partial charge in [-0.2, -0.15) is 0 Å². The molecule has 0 saturated carbocycles. The second-order valence-electron chi connectivity index (χ2n) is 8.46. The highest BCUT2D eigenvalue weighted by molar-refractivity contribution is 7.90. The van der Waals surface area contributed by atoms with Gasteiger partial charge in [-0.1, -0.05) is 36.4 Å². The van der Waals surface area contributed by atoms with Gasteiger partial charge in [-0.25, -0.2) is 13.2 Å². The number of nitrogens with zero attached hydrogens (tertiary/aromatic N) is 2. The number of nitrogens with one attached hydrogen (secondary N) is 1. The minimum absolute atomic E-state index is 0.255. The number of aromatic nitrogens is 2. The van der Waals surface area contributed by atoms with Gasteiger partial charge >= 0.3 is 5.69 Å². The molecular formula is C27H29N3O5S. The van der Waals surface area contributed by atoms with E-state index in [9.17, 15) is 13.2 Å². The zero-order valence-electron chi connectivity index (χ0n) is 20.7. The molecule has 1 N–H and O–H groups in total. The van der Waals surface area contributed by atoms with Crippen molar-refractivity contribution in [3.63, 3.8) is 0 Å². The molecule has 0 aliphatic heterocycles. The van der Waals surface area contributed by atoms with E-state index in [-0.39, 0.29) is 5.75 Å². The fraction of sp³-hybridized carbons (Fsp3) is 0.259. The van der Waals surface area contributed by atoms with Crippen LogP contribution < -0.4 is 15.2 Å². The lowest BCUT2D eigenvalue weighted by Crippen LogP contribution is -2.28. The quantitative estimate of drug-likeness (QED) is 0.344. The van der Waals surface area contributed by atoms with E-state index in [2.05, 4.69) is 9.98 Å². The van der Waals surface area contributed by atoms with E-state index in [1.54, 1.807) is 31.5 Å². The van der Waals surface area contributed by atoms with Crippen molar-refractivity contribution in [1.29, 1.82) is 0 Å². The number of hydrogen-bond acceptors (Lipinski definition) is 6. The third-order valence-corrected chi connectivity index (χ3v) is 6.82. The first-order chi connectivity index (χ1) is 17.3. The fourth-order valence-corrected chi connectivity index (χ4v) is 5.31. The van der Waals surface area contributed by atoms with Crippen LogP contribution in [0, 0.1) is 0 Å². The molecule has 1 heterocycles. The van der Waals surface area contributed by atoms with Crippen molar-refractivity contribution >= 4 is 27.1 Å². The summed E-state index contributed by atoms with van der Waals surface area (Å²) in [7, 11) is -0.190. The summed E-state index contributed by atoms with van der Waals surface area (Å²) in [6.45, 7) is 2.27. The molecule has 0 aliphatic rings. The first-order valence-electron chi connectivity index (χ1n) is 11.5. The van der Waals surface area contributed by atoms with Gasteiger partial charge in [0.25, 0.3) is 0 Å². The molecule has 4 rings (SSSR count). The van der Waals surface area contributed by atoms with Gasteiger partial charge in [0.05, 0.1) is 36.5 Å². The van der Waals surface area contributed by atoms with Crippen molar-refractivity contribution in [3.8, 4) is 22.6 Å². The van der Waals surface area contributed by atoms with Crippen molar-refractivity contribution in [3.05, 3.63) is 82.3 Å². The molecule has 1 aromatic heterocycles. The fourth-order valence-electron chi connectivity index (χ4n) is 4.40. The summed E-state index contributed by atoms with van der Waals surface area (Å²) in [5.41, 5.74) is 4.29. The predicted molar refractivity (Wildman–Crippen MR) is 144 cm³/mol. The van der Waals surface area contributed by atoms with E-state index < -0.39 is 21.6 Å². The number of aromatic amines is 1. The number of H-pyrrole nitrogens is 1. The Kier molecular flexibility index (Phi) is 7.30. The van der Waals surface area contributed by atoms with E-state index in [4.69, 9.17) is 9.47 Å². The maximum atomic E-state index is 13.2. The normalized spacial score (nSPS) is 12.8. The van der Waals surface area contributed by atoms with E-state index in [1.807, 2.05) is 49.4 Å². The zero-order valence-corrected chi connectivity index (χ0v) is 21.5. The predicted octanol–water partition coefficient (Wildman–Crippen LogP) is 4.09. The van der Waals surface area contributed by atoms with Crippen LogP contribution in [-0.4, -0.2) is 57.0 Å². The lowest BCUT2D eigenvalue weighted by molar-refractivity contribution is 0.310. The molecule has 0 spiro atoms. The molecule has 9 heteroatoms. The third-order valence-electron chi connectivity index (χ3n) is 5.90. The van der Waals surface area contributed by atoms with Gasteiger partial charge in [-0.3, -0.25) is 9.56 Å². The summed E-state index contributed by atoms with van der Waals surface area (Å²) in [6, 6.07) is 18.0. The number of methoxy groups -OCH3 is 1. The minimum Gasteiger partial charge on any atom is -0.493 e. The smallest absolute Gasteiger partial charge is 0.327 e. The van der Waals surface area contributed by atoms with Crippen LogP contribution >= 0.6 is 0 Å². The van der Waals surface area contributed by atoms with Gasteiger partial charge in [0.15, 0.2) is 11.5 Å². The number of hydrogen-bond donors (Lipinski definition) is 1. The molecule has 0 bridgehead atoms. The third kappa shape index (κ3) is 5.21. The zero-order chi connectivity index (χ0) is 25.9. The summed E-state index contributed by atoms with van der Waals surface area (Å²) in [6.07, 6.45) is 2.95. The van der Waals surface area contributed by atoms with Crippen LogP contribution in [0.3, 0.4) is 0 Å². The van der Waals surface area contributed by atoms with Crippen molar-refractivity contribution in [2.24, 2.45) is 4.99 Å². The highest BCUT2D eigenvalue weighted by atomic mass is 32.2. The Labute approximate surface area is 210 Å². The average molecular weight is 508 g/mol. The van der Waals surface area contributed by atoms with Crippen LogP contribution in [0.1, 0.15) is 24.1 Å². The number of rotatable bonds is 9.